The Bertz CT molecular complexity index is 619. The van der Waals surface area contributed by atoms with Gasteiger partial charge in [-0.15, -0.1) is 0 Å². The SMILES string of the molecule is CCC(Nc1cccnc1Cl)c1cccc([N+](=O)[O-])c1. The first-order valence-corrected chi connectivity index (χ1v) is 6.61. The number of aromatic nitrogens is 1. The number of anilines is 1. The molecule has 0 saturated heterocycles. The van der Waals surface area contributed by atoms with E-state index in [2.05, 4.69) is 10.3 Å². The maximum Gasteiger partial charge on any atom is 0.269 e. The molecule has 1 aromatic heterocycles. The van der Waals surface area contributed by atoms with Gasteiger partial charge in [-0.05, 0) is 24.1 Å². The van der Waals surface area contributed by atoms with Crippen LogP contribution < -0.4 is 5.32 Å². The fourth-order valence-corrected chi connectivity index (χ4v) is 2.13. The molecule has 1 N–H and O–H groups in total. The number of nitro benzene ring substituents is 1. The van der Waals surface area contributed by atoms with E-state index in [4.69, 9.17) is 11.6 Å². The molecule has 2 aromatic rings. The highest BCUT2D eigenvalue weighted by Gasteiger charge is 2.14. The average molecular weight is 292 g/mol. The number of nitro groups is 1. The van der Waals surface area contributed by atoms with Crippen molar-refractivity contribution >= 4 is 23.0 Å². The Morgan fingerprint density at radius 2 is 2.20 bits per heavy atom. The number of rotatable bonds is 5. The number of hydrogen-bond donors (Lipinski definition) is 1. The summed E-state index contributed by atoms with van der Waals surface area (Å²) in [4.78, 5) is 14.4. The van der Waals surface area contributed by atoms with Gasteiger partial charge in [-0.2, -0.15) is 0 Å². The molecule has 0 radical (unpaired) electrons. The summed E-state index contributed by atoms with van der Waals surface area (Å²) in [5.41, 5.74) is 1.65. The van der Waals surface area contributed by atoms with Gasteiger partial charge in [-0.3, -0.25) is 10.1 Å². The molecule has 1 unspecified atom stereocenters. The Labute approximate surface area is 121 Å². The van der Waals surface area contributed by atoms with Crippen molar-refractivity contribution in [3.05, 3.63) is 63.4 Å². The Balaban J connectivity index is 2.26. The van der Waals surface area contributed by atoms with Crippen LogP contribution in [0.5, 0.6) is 0 Å². The topological polar surface area (TPSA) is 68.1 Å². The van der Waals surface area contributed by atoms with Crippen LogP contribution in [0.15, 0.2) is 42.6 Å². The van der Waals surface area contributed by atoms with Crippen LogP contribution in [0.25, 0.3) is 0 Å². The minimum Gasteiger partial charge on any atom is -0.376 e. The van der Waals surface area contributed by atoms with Gasteiger partial charge in [-0.25, -0.2) is 4.98 Å². The molecule has 5 nitrogen and oxygen atoms in total. The minimum absolute atomic E-state index is 0.0587. The Hall–Kier alpha value is -2.14. The monoisotopic (exact) mass is 291 g/mol. The third kappa shape index (κ3) is 3.24. The van der Waals surface area contributed by atoms with Crippen LogP contribution in [-0.2, 0) is 0 Å². The van der Waals surface area contributed by atoms with E-state index in [1.54, 1.807) is 24.4 Å². The van der Waals surface area contributed by atoms with E-state index in [0.717, 1.165) is 12.0 Å². The van der Waals surface area contributed by atoms with Gasteiger partial charge in [0.25, 0.3) is 5.69 Å². The van der Waals surface area contributed by atoms with Gasteiger partial charge in [0.15, 0.2) is 5.15 Å². The lowest BCUT2D eigenvalue weighted by molar-refractivity contribution is -0.384. The number of halogens is 1. The normalized spacial score (nSPS) is 11.9. The molecule has 2 rings (SSSR count). The number of nitrogens with one attached hydrogen (secondary N) is 1. The summed E-state index contributed by atoms with van der Waals surface area (Å²) in [6.07, 6.45) is 2.38. The summed E-state index contributed by atoms with van der Waals surface area (Å²) >= 11 is 6.01. The number of pyridine rings is 1. The predicted octanol–water partition coefficient (Wildman–Crippen LogP) is 4.21. The first-order valence-electron chi connectivity index (χ1n) is 6.23. The zero-order chi connectivity index (χ0) is 14.5. The van der Waals surface area contributed by atoms with Crippen LogP contribution in [0, 0.1) is 10.1 Å². The van der Waals surface area contributed by atoms with Crippen molar-refractivity contribution in [3.8, 4) is 0 Å². The first-order chi connectivity index (χ1) is 9.61. The number of non-ortho nitro benzene ring substituents is 1. The molecule has 0 aliphatic carbocycles. The van der Waals surface area contributed by atoms with Crippen molar-refractivity contribution in [1.29, 1.82) is 0 Å². The van der Waals surface area contributed by atoms with Crippen LogP contribution in [0.2, 0.25) is 5.15 Å². The number of nitrogens with zero attached hydrogens (tertiary/aromatic N) is 2. The smallest absolute Gasteiger partial charge is 0.269 e. The van der Waals surface area contributed by atoms with Crippen LogP contribution in [0.4, 0.5) is 11.4 Å². The van der Waals surface area contributed by atoms with Crippen molar-refractivity contribution in [1.82, 2.24) is 4.98 Å². The first kappa shape index (κ1) is 14.3. The van der Waals surface area contributed by atoms with E-state index in [9.17, 15) is 10.1 Å². The highest BCUT2D eigenvalue weighted by Crippen LogP contribution is 2.28. The second kappa shape index (κ2) is 6.34. The van der Waals surface area contributed by atoms with E-state index in [0.29, 0.717) is 10.8 Å². The fraction of sp³-hybridized carbons (Fsp3) is 0.214. The summed E-state index contributed by atoms with van der Waals surface area (Å²) < 4.78 is 0. The number of benzene rings is 1. The predicted molar refractivity (Wildman–Crippen MR) is 79.0 cm³/mol. The Morgan fingerprint density at radius 1 is 1.40 bits per heavy atom. The van der Waals surface area contributed by atoms with Crippen LogP contribution in [-0.4, -0.2) is 9.91 Å². The molecule has 0 aliphatic rings. The molecule has 0 fully saturated rings. The van der Waals surface area contributed by atoms with E-state index < -0.39 is 4.92 Å². The molecule has 6 heteroatoms. The highest BCUT2D eigenvalue weighted by atomic mass is 35.5. The molecule has 0 spiro atoms. The summed E-state index contributed by atoms with van der Waals surface area (Å²) in [6.45, 7) is 2.00. The lowest BCUT2D eigenvalue weighted by Crippen LogP contribution is -2.10. The van der Waals surface area contributed by atoms with Crippen molar-refractivity contribution in [2.24, 2.45) is 0 Å². The summed E-state index contributed by atoms with van der Waals surface area (Å²) in [6, 6.07) is 10.2. The third-order valence-electron chi connectivity index (χ3n) is 2.98. The average Bonchev–Trinajstić information content (AvgIpc) is 2.46. The largest absolute Gasteiger partial charge is 0.376 e. The van der Waals surface area contributed by atoms with Crippen molar-refractivity contribution in [3.63, 3.8) is 0 Å². The molecule has 20 heavy (non-hydrogen) atoms. The minimum atomic E-state index is -0.396. The van der Waals surface area contributed by atoms with Gasteiger partial charge in [0, 0.05) is 18.3 Å². The zero-order valence-corrected chi connectivity index (χ0v) is 11.7. The van der Waals surface area contributed by atoms with Gasteiger partial charge in [0.05, 0.1) is 16.7 Å². The Morgan fingerprint density at radius 3 is 2.85 bits per heavy atom. The van der Waals surface area contributed by atoms with Crippen LogP contribution in [0.1, 0.15) is 24.9 Å². The summed E-state index contributed by atoms with van der Waals surface area (Å²) in [5, 5.41) is 14.5. The standard InChI is InChI=1S/C14H14ClN3O2/c1-2-12(17-13-7-4-8-16-14(13)15)10-5-3-6-11(9-10)18(19)20/h3-9,12,17H,2H2,1H3. The second-order valence-corrected chi connectivity index (χ2v) is 4.66. The molecular weight excluding hydrogens is 278 g/mol. The molecule has 1 heterocycles. The maximum atomic E-state index is 10.8. The van der Waals surface area contributed by atoms with Crippen LogP contribution >= 0.6 is 11.6 Å². The quantitative estimate of drug-likeness (QED) is 0.509. The molecule has 104 valence electrons. The van der Waals surface area contributed by atoms with E-state index in [-0.39, 0.29) is 11.7 Å². The van der Waals surface area contributed by atoms with Crippen LogP contribution in [0.3, 0.4) is 0 Å². The summed E-state index contributed by atoms with van der Waals surface area (Å²) in [7, 11) is 0. The molecule has 1 aromatic carbocycles. The molecule has 0 amide bonds. The molecular formula is C14H14ClN3O2. The zero-order valence-electron chi connectivity index (χ0n) is 10.9. The number of hydrogen-bond acceptors (Lipinski definition) is 4. The maximum absolute atomic E-state index is 10.8. The van der Waals surface area contributed by atoms with E-state index in [1.165, 1.54) is 6.07 Å². The molecule has 0 aliphatic heterocycles. The van der Waals surface area contributed by atoms with Gasteiger partial charge in [-0.1, -0.05) is 30.7 Å². The fourth-order valence-electron chi connectivity index (χ4n) is 1.96. The molecule has 0 saturated carbocycles. The molecule has 0 bridgehead atoms. The van der Waals surface area contributed by atoms with Crippen molar-refractivity contribution in [2.75, 3.05) is 5.32 Å². The van der Waals surface area contributed by atoms with Gasteiger partial charge in [0.1, 0.15) is 0 Å². The third-order valence-corrected chi connectivity index (χ3v) is 3.28. The molecule has 1 atom stereocenters. The van der Waals surface area contributed by atoms with E-state index in [1.807, 2.05) is 19.1 Å². The summed E-state index contributed by atoms with van der Waals surface area (Å²) in [5.74, 6) is 0. The van der Waals surface area contributed by atoms with Crippen molar-refractivity contribution < 1.29 is 4.92 Å². The van der Waals surface area contributed by atoms with E-state index >= 15 is 0 Å². The highest BCUT2D eigenvalue weighted by molar-refractivity contribution is 6.31. The second-order valence-electron chi connectivity index (χ2n) is 4.30. The lowest BCUT2D eigenvalue weighted by atomic mass is 10.0. The van der Waals surface area contributed by atoms with Gasteiger partial charge in [0.2, 0.25) is 0 Å². The lowest BCUT2D eigenvalue weighted by Gasteiger charge is -2.19. The van der Waals surface area contributed by atoms with Crippen molar-refractivity contribution in [2.45, 2.75) is 19.4 Å². The van der Waals surface area contributed by atoms with Gasteiger partial charge >= 0.3 is 0 Å². The van der Waals surface area contributed by atoms with Gasteiger partial charge < -0.3 is 5.32 Å². The Kier molecular flexibility index (Phi) is 4.53.